The van der Waals surface area contributed by atoms with Gasteiger partial charge < -0.3 is 14.5 Å². The number of fused-ring (bicyclic) bond motifs is 1. The van der Waals surface area contributed by atoms with Crippen molar-refractivity contribution in [2.45, 2.75) is 13.0 Å². The fourth-order valence-electron chi connectivity index (χ4n) is 2.78. The summed E-state index contributed by atoms with van der Waals surface area (Å²) in [7, 11) is 0. The van der Waals surface area contributed by atoms with Gasteiger partial charge in [-0.15, -0.1) is 0 Å². The third kappa shape index (κ3) is 4.21. The van der Waals surface area contributed by atoms with E-state index in [0.717, 1.165) is 5.56 Å². The van der Waals surface area contributed by atoms with Crippen molar-refractivity contribution in [1.29, 1.82) is 0 Å². The van der Waals surface area contributed by atoms with Crippen molar-refractivity contribution in [1.82, 2.24) is 4.98 Å². The number of aromatic nitrogens is 1. The van der Waals surface area contributed by atoms with Gasteiger partial charge in [0.2, 0.25) is 5.89 Å². The van der Waals surface area contributed by atoms with Gasteiger partial charge in [-0.2, -0.15) is 0 Å². The van der Waals surface area contributed by atoms with E-state index in [2.05, 4.69) is 10.3 Å². The second kappa shape index (κ2) is 8.15. The van der Waals surface area contributed by atoms with Crippen molar-refractivity contribution in [3.8, 4) is 17.2 Å². The highest BCUT2D eigenvalue weighted by molar-refractivity contribution is 6.37. The summed E-state index contributed by atoms with van der Waals surface area (Å²) >= 11 is 12.2. The molecule has 0 saturated carbocycles. The Morgan fingerprint density at radius 1 is 1.03 bits per heavy atom. The number of para-hydroxylation sites is 1. The molecule has 0 saturated heterocycles. The highest BCUT2D eigenvalue weighted by atomic mass is 35.5. The van der Waals surface area contributed by atoms with Gasteiger partial charge in [0, 0.05) is 11.3 Å². The molecule has 1 heterocycles. The first-order valence-corrected chi connectivity index (χ1v) is 9.64. The molecule has 4 aromatic rings. The van der Waals surface area contributed by atoms with Crippen molar-refractivity contribution in [3.05, 3.63) is 76.8 Å². The minimum atomic E-state index is -0.805. The van der Waals surface area contributed by atoms with Crippen molar-refractivity contribution in [2.75, 3.05) is 5.32 Å². The number of ether oxygens (including phenoxy) is 1. The van der Waals surface area contributed by atoms with Crippen LogP contribution in [0.5, 0.6) is 5.75 Å². The molecule has 1 N–H and O–H groups in total. The molecule has 0 aliphatic rings. The second-order valence-corrected chi connectivity index (χ2v) is 7.18. The SMILES string of the molecule is CC(Oc1c(Cl)cccc1Cl)C(=O)Nc1ccc2oc(-c3ccccc3)nc2c1. The molecule has 0 aliphatic heterocycles. The van der Waals surface area contributed by atoms with Gasteiger partial charge >= 0.3 is 0 Å². The third-order valence-electron chi connectivity index (χ3n) is 4.26. The zero-order valence-corrected chi connectivity index (χ0v) is 16.9. The number of anilines is 1. The fourth-order valence-corrected chi connectivity index (χ4v) is 3.27. The van der Waals surface area contributed by atoms with Crippen molar-refractivity contribution in [3.63, 3.8) is 0 Å². The van der Waals surface area contributed by atoms with Crippen molar-refractivity contribution < 1.29 is 13.9 Å². The number of amides is 1. The van der Waals surface area contributed by atoms with E-state index in [1.54, 1.807) is 43.3 Å². The highest BCUT2D eigenvalue weighted by Crippen LogP contribution is 2.33. The zero-order valence-electron chi connectivity index (χ0n) is 15.4. The van der Waals surface area contributed by atoms with Crippen LogP contribution in [0.25, 0.3) is 22.6 Å². The van der Waals surface area contributed by atoms with Crippen LogP contribution in [0, 0.1) is 0 Å². The summed E-state index contributed by atoms with van der Waals surface area (Å²) in [6.45, 7) is 1.62. The maximum absolute atomic E-state index is 12.5. The quantitative estimate of drug-likeness (QED) is 0.412. The van der Waals surface area contributed by atoms with Crippen LogP contribution in [0.4, 0.5) is 5.69 Å². The first-order chi connectivity index (χ1) is 14.0. The molecule has 146 valence electrons. The molecule has 7 heteroatoms. The highest BCUT2D eigenvalue weighted by Gasteiger charge is 2.19. The summed E-state index contributed by atoms with van der Waals surface area (Å²) in [6, 6.07) is 19.9. The zero-order chi connectivity index (χ0) is 20.4. The summed E-state index contributed by atoms with van der Waals surface area (Å²) in [6.07, 6.45) is -0.805. The summed E-state index contributed by atoms with van der Waals surface area (Å²) in [4.78, 5) is 17.0. The van der Waals surface area contributed by atoms with Gasteiger partial charge in [0.25, 0.3) is 5.91 Å². The average molecular weight is 427 g/mol. The lowest BCUT2D eigenvalue weighted by molar-refractivity contribution is -0.122. The van der Waals surface area contributed by atoms with E-state index in [-0.39, 0.29) is 11.7 Å². The molecule has 5 nitrogen and oxygen atoms in total. The molecule has 3 aromatic carbocycles. The van der Waals surface area contributed by atoms with E-state index < -0.39 is 6.10 Å². The lowest BCUT2D eigenvalue weighted by Crippen LogP contribution is -2.30. The van der Waals surface area contributed by atoms with Crippen LogP contribution in [0.2, 0.25) is 10.0 Å². The molecule has 0 bridgehead atoms. The number of halogens is 2. The number of rotatable bonds is 5. The minimum absolute atomic E-state index is 0.276. The Bertz CT molecular complexity index is 1160. The Morgan fingerprint density at radius 2 is 1.76 bits per heavy atom. The molecule has 0 aliphatic carbocycles. The van der Waals surface area contributed by atoms with Gasteiger partial charge in [-0.25, -0.2) is 4.98 Å². The van der Waals surface area contributed by atoms with Gasteiger partial charge in [0.1, 0.15) is 5.52 Å². The molecule has 1 aromatic heterocycles. The third-order valence-corrected chi connectivity index (χ3v) is 4.85. The Morgan fingerprint density at radius 3 is 2.48 bits per heavy atom. The number of carbonyl (C=O) groups excluding carboxylic acids is 1. The van der Waals surface area contributed by atoms with Gasteiger partial charge in [0.15, 0.2) is 17.4 Å². The van der Waals surface area contributed by atoms with Crippen LogP contribution in [-0.2, 0) is 4.79 Å². The lowest BCUT2D eigenvalue weighted by Gasteiger charge is -2.16. The first kappa shape index (κ1) is 19.3. The van der Waals surface area contributed by atoms with E-state index in [0.29, 0.717) is 32.7 Å². The lowest BCUT2D eigenvalue weighted by atomic mass is 10.2. The molecule has 1 atom stereocenters. The Kier molecular flexibility index (Phi) is 5.43. The topological polar surface area (TPSA) is 64.4 Å². The van der Waals surface area contributed by atoms with E-state index in [4.69, 9.17) is 32.4 Å². The minimum Gasteiger partial charge on any atom is -0.478 e. The average Bonchev–Trinajstić information content (AvgIpc) is 3.15. The standard InChI is InChI=1S/C22H16Cl2N2O3/c1-13(28-20-16(23)8-5-9-17(20)24)21(27)25-15-10-11-19-18(12-15)26-22(29-19)14-6-3-2-4-7-14/h2-13H,1H3,(H,25,27). The summed E-state index contributed by atoms with van der Waals surface area (Å²) < 4.78 is 11.4. The first-order valence-electron chi connectivity index (χ1n) is 8.89. The van der Waals surface area contributed by atoms with E-state index in [1.807, 2.05) is 30.3 Å². The van der Waals surface area contributed by atoms with Gasteiger partial charge in [0.05, 0.1) is 10.0 Å². The number of nitrogens with one attached hydrogen (secondary N) is 1. The number of oxazole rings is 1. The fraction of sp³-hybridized carbons (Fsp3) is 0.0909. The Labute approximate surface area is 177 Å². The normalized spacial score (nSPS) is 12.0. The van der Waals surface area contributed by atoms with E-state index in [1.165, 1.54) is 0 Å². The maximum atomic E-state index is 12.5. The van der Waals surface area contributed by atoms with Crippen molar-refractivity contribution >= 4 is 45.9 Å². The molecular formula is C22H16Cl2N2O3. The van der Waals surface area contributed by atoms with Crippen LogP contribution in [0.3, 0.4) is 0 Å². The van der Waals surface area contributed by atoms with Crippen LogP contribution in [0.15, 0.2) is 71.1 Å². The van der Waals surface area contributed by atoms with Gasteiger partial charge in [-0.3, -0.25) is 4.79 Å². The monoisotopic (exact) mass is 426 g/mol. The van der Waals surface area contributed by atoms with E-state index in [9.17, 15) is 4.79 Å². The largest absolute Gasteiger partial charge is 0.478 e. The van der Waals surface area contributed by atoms with Crippen molar-refractivity contribution in [2.24, 2.45) is 0 Å². The van der Waals surface area contributed by atoms with E-state index >= 15 is 0 Å². The number of benzene rings is 3. The molecule has 0 radical (unpaired) electrons. The molecule has 4 rings (SSSR count). The van der Waals surface area contributed by atoms with Gasteiger partial charge in [-0.05, 0) is 49.4 Å². The molecule has 1 amide bonds. The molecule has 29 heavy (non-hydrogen) atoms. The van der Waals surface area contributed by atoms with Crippen LogP contribution < -0.4 is 10.1 Å². The molecule has 0 fully saturated rings. The van der Waals surface area contributed by atoms with Crippen LogP contribution in [-0.4, -0.2) is 17.0 Å². The Balaban J connectivity index is 1.50. The summed E-state index contributed by atoms with van der Waals surface area (Å²) in [5, 5.41) is 3.49. The Hall–Kier alpha value is -3.02. The maximum Gasteiger partial charge on any atom is 0.265 e. The number of hydrogen-bond acceptors (Lipinski definition) is 4. The predicted octanol–water partition coefficient (Wildman–Crippen LogP) is 6.21. The predicted molar refractivity (Wildman–Crippen MR) is 115 cm³/mol. The number of hydrogen-bond donors (Lipinski definition) is 1. The molecular weight excluding hydrogens is 411 g/mol. The molecule has 1 unspecified atom stereocenters. The summed E-state index contributed by atoms with van der Waals surface area (Å²) in [5.74, 6) is 0.458. The van der Waals surface area contributed by atoms with Crippen LogP contribution >= 0.6 is 23.2 Å². The summed E-state index contributed by atoms with van der Waals surface area (Å²) in [5.41, 5.74) is 2.74. The van der Waals surface area contributed by atoms with Crippen LogP contribution in [0.1, 0.15) is 6.92 Å². The molecule has 0 spiro atoms. The smallest absolute Gasteiger partial charge is 0.265 e. The second-order valence-electron chi connectivity index (χ2n) is 6.37. The van der Waals surface area contributed by atoms with Gasteiger partial charge in [-0.1, -0.05) is 47.5 Å². The number of carbonyl (C=O) groups is 1. The number of nitrogens with zero attached hydrogens (tertiary/aromatic N) is 1.